The number of fused-ring (bicyclic) bond motifs is 1. The molecule has 34 heavy (non-hydrogen) atoms. The minimum Gasteiger partial charge on any atom is -0.394 e. The van der Waals surface area contributed by atoms with Gasteiger partial charge in [-0.05, 0) is 51.2 Å². The van der Waals surface area contributed by atoms with Crippen LogP contribution in [0.2, 0.25) is 0 Å². The van der Waals surface area contributed by atoms with Crippen molar-refractivity contribution in [2.24, 2.45) is 0 Å². The van der Waals surface area contributed by atoms with Gasteiger partial charge in [-0.2, -0.15) is 5.10 Å². The maximum atomic E-state index is 10.0. The Morgan fingerprint density at radius 1 is 1.00 bits per heavy atom. The van der Waals surface area contributed by atoms with Gasteiger partial charge in [0.25, 0.3) is 0 Å². The zero-order chi connectivity index (χ0) is 23.7. The third-order valence-corrected chi connectivity index (χ3v) is 6.95. The second-order valence-electron chi connectivity index (χ2n) is 9.57. The highest BCUT2D eigenvalue weighted by atomic mass is 16.3. The molecule has 1 aliphatic rings. The van der Waals surface area contributed by atoms with Gasteiger partial charge >= 0.3 is 0 Å². The Morgan fingerprint density at radius 2 is 1.82 bits per heavy atom. The summed E-state index contributed by atoms with van der Waals surface area (Å²) in [5, 5.41) is 15.2. The number of aliphatic hydroxyl groups excluding tert-OH is 1. The average molecular weight is 455 g/mol. The van der Waals surface area contributed by atoms with Crippen LogP contribution < -0.4 is 4.90 Å². The van der Waals surface area contributed by atoms with E-state index >= 15 is 0 Å². The minimum atomic E-state index is 0.116. The van der Waals surface area contributed by atoms with Crippen molar-refractivity contribution >= 4 is 11.5 Å². The number of aryl methyl sites for hydroxylation is 3. The van der Waals surface area contributed by atoms with Gasteiger partial charge in [0.05, 0.1) is 24.0 Å². The van der Waals surface area contributed by atoms with Crippen LogP contribution in [0.5, 0.6) is 0 Å². The summed E-state index contributed by atoms with van der Waals surface area (Å²) in [6.07, 6.45) is 5.21. The third-order valence-electron chi connectivity index (χ3n) is 6.95. The minimum absolute atomic E-state index is 0.116. The summed E-state index contributed by atoms with van der Waals surface area (Å²) in [5.74, 6) is 0.927. The molecule has 1 aliphatic heterocycles. The van der Waals surface area contributed by atoms with Crippen LogP contribution in [0.25, 0.3) is 28.0 Å². The van der Waals surface area contributed by atoms with E-state index in [1.807, 2.05) is 4.52 Å². The van der Waals surface area contributed by atoms with Gasteiger partial charge < -0.3 is 10.0 Å². The van der Waals surface area contributed by atoms with Crippen molar-refractivity contribution in [3.63, 3.8) is 0 Å². The Bertz CT molecular complexity index is 1290. The maximum Gasteiger partial charge on any atom is 0.166 e. The number of hydrogen-bond donors (Lipinski definition) is 1. The SMILES string of the molecule is CCCCc1nn2c(-c3cccc(C)c3)cc(N3CCCC3CO)nc2c1-c1ccc(C)cc1. The average Bonchev–Trinajstić information content (AvgIpc) is 3.47. The first-order valence-corrected chi connectivity index (χ1v) is 12.5. The molecular formula is C29H34N4O. The zero-order valence-corrected chi connectivity index (χ0v) is 20.5. The van der Waals surface area contributed by atoms with Crippen LogP contribution in [0.1, 0.15) is 49.4 Å². The first kappa shape index (κ1) is 22.6. The molecule has 5 rings (SSSR count). The van der Waals surface area contributed by atoms with Crippen molar-refractivity contribution in [2.75, 3.05) is 18.1 Å². The first-order chi connectivity index (χ1) is 16.6. The summed E-state index contributed by atoms with van der Waals surface area (Å²) in [6, 6.07) is 19.6. The summed E-state index contributed by atoms with van der Waals surface area (Å²) in [4.78, 5) is 7.48. The van der Waals surface area contributed by atoms with Crippen LogP contribution in [0.15, 0.2) is 54.6 Å². The number of rotatable bonds is 7. The van der Waals surface area contributed by atoms with E-state index in [-0.39, 0.29) is 12.6 Å². The quantitative estimate of drug-likeness (QED) is 0.373. The largest absolute Gasteiger partial charge is 0.394 e. The number of unbranched alkanes of at least 4 members (excludes halogenated alkanes) is 1. The molecule has 0 bridgehead atoms. The molecule has 1 N–H and O–H groups in total. The van der Waals surface area contributed by atoms with Crippen molar-refractivity contribution in [1.29, 1.82) is 0 Å². The predicted molar refractivity (Wildman–Crippen MR) is 139 cm³/mol. The highest BCUT2D eigenvalue weighted by Gasteiger charge is 2.27. The second kappa shape index (κ2) is 9.59. The van der Waals surface area contributed by atoms with Crippen molar-refractivity contribution in [3.05, 3.63) is 71.4 Å². The number of aliphatic hydroxyl groups is 1. The number of aromatic nitrogens is 3. The monoisotopic (exact) mass is 454 g/mol. The normalized spacial score (nSPS) is 16.0. The lowest BCUT2D eigenvalue weighted by molar-refractivity contribution is 0.266. The topological polar surface area (TPSA) is 53.7 Å². The summed E-state index contributed by atoms with van der Waals surface area (Å²) < 4.78 is 2.04. The van der Waals surface area contributed by atoms with Crippen LogP contribution in [0.4, 0.5) is 5.82 Å². The van der Waals surface area contributed by atoms with E-state index in [0.29, 0.717) is 0 Å². The molecule has 0 spiro atoms. The van der Waals surface area contributed by atoms with Crippen molar-refractivity contribution in [3.8, 4) is 22.4 Å². The molecule has 2 aromatic heterocycles. The first-order valence-electron chi connectivity index (χ1n) is 12.5. The van der Waals surface area contributed by atoms with Gasteiger partial charge in [0.2, 0.25) is 0 Å². The number of hydrogen-bond acceptors (Lipinski definition) is 4. The lowest BCUT2D eigenvalue weighted by Gasteiger charge is -2.25. The molecule has 176 valence electrons. The van der Waals surface area contributed by atoms with Crippen molar-refractivity contribution in [2.45, 2.75) is 58.9 Å². The van der Waals surface area contributed by atoms with E-state index in [2.05, 4.69) is 80.3 Å². The van der Waals surface area contributed by atoms with E-state index < -0.39 is 0 Å². The smallest absolute Gasteiger partial charge is 0.166 e. The van der Waals surface area contributed by atoms with Gasteiger partial charge in [0.15, 0.2) is 5.65 Å². The highest BCUT2D eigenvalue weighted by molar-refractivity contribution is 5.83. The Balaban J connectivity index is 1.79. The zero-order valence-electron chi connectivity index (χ0n) is 20.5. The summed E-state index contributed by atoms with van der Waals surface area (Å²) in [6.45, 7) is 7.53. The lowest BCUT2D eigenvalue weighted by atomic mass is 10.0. The van der Waals surface area contributed by atoms with Gasteiger partial charge in [-0.1, -0.05) is 66.9 Å². The van der Waals surface area contributed by atoms with Gasteiger partial charge in [-0.25, -0.2) is 9.50 Å². The van der Waals surface area contributed by atoms with E-state index in [4.69, 9.17) is 10.1 Å². The van der Waals surface area contributed by atoms with Gasteiger partial charge in [0, 0.05) is 23.7 Å². The summed E-state index contributed by atoms with van der Waals surface area (Å²) in [5.41, 5.74) is 8.92. The molecule has 5 heteroatoms. The Labute approximate surface area is 202 Å². The predicted octanol–water partition coefficient (Wildman–Crippen LogP) is 5.98. The molecule has 2 aromatic carbocycles. The molecule has 1 fully saturated rings. The molecule has 0 saturated carbocycles. The molecule has 1 unspecified atom stereocenters. The van der Waals surface area contributed by atoms with E-state index in [1.54, 1.807) is 0 Å². The molecule has 4 aromatic rings. The van der Waals surface area contributed by atoms with Gasteiger partial charge in [-0.3, -0.25) is 0 Å². The fourth-order valence-electron chi connectivity index (χ4n) is 5.07. The molecule has 0 aliphatic carbocycles. The molecule has 0 radical (unpaired) electrons. The summed E-state index contributed by atoms with van der Waals surface area (Å²) >= 11 is 0. The number of anilines is 1. The van der Waals surface area contributed by atoms with Crippen LogP contribution in [0, 0.1) is 13.8 Å². The molecule has 0 amide bonds. The van der Waals surface area contributed by atoms with E-state index in [9.17, 15) is 5.11 Å². The maximum absolute atomic E-state index is 10.0. The van der Waals surface area contributed by atoms with Crippen LogP contribution in [-0.2, 0) is 6.42 Å². The van der Waals surface area contributed by atoms with Crippen LogP contribution in [-0.4, -0.2) is 38.9 Å². The fraction of sp³-hybridized carbons (Fsp3) is 0.379. The lowest BCUT2D eigenvalue weighted by Crippen LogP contribution is -2.32. The fourth-order valence-corrected chi connectivity index (χ4v) is 5.07. The van der Waals surface area contributed by atoms with Crippen molar-refractivity contribution < 1.29 is 5.11 Å². The van der Waals surface area contributed by atoms with Gasteiger partial charge in [0.1, 0.15) is 5.82 Å². The number of benzene rings is 2. The molecule has 1 atom stereocenters. The molecule has 1 saturated heterocycles. The molecule has 3 heterocycles. The van der Waals surface area contributed by atoms with Crippen molar-refractivity contribution in [1.82, 2.24) is 14.6 Å². The van der Waals surface area contributed by atoms with Crippen LogP contribution in [0.3, 0.4) is 0 Å². The standard InChI is InChI=1S/C29H34N4O/c1-4-5-11-25-28(22-14-12-20(2)13-15-22)29-30-27(32-16-7-10-24(32)19-34)18-26(33(29)31-25)23-9-6-8-21(3)17-23/h6,8-9,12-15,17-18,24,34H,4-5,7,10-11,16,19H2,1-3H3. The number of nitrogens with zero attached hydrogens (tertiary/aromatic N) is 4. The van der Waals surface area contributed by atoms with E-state index in [0.717, 1.165) is 78.2 Å². The molecular weight excluding hydrogens is 420 g/mol. The van der Waals surface area contributed by atoms with Gasteiger partial charge in [-0.15, -0.1) is 0 Å². The van der Waals surface area contributed by atoms with E-state index in [1.165, 1.54) is 11.1 Å². The van der Waals surface area contributed by atoms with Crippen LogP contribution >= 0.6 is 0 Å². The summed E-state index contributed by atoms with van der Waals surface area (Å²) in [7, 11) is 0. The Kier molecular flexibility index (Phi) is 6.38. The second-order valence-corrected chi connectivity index (χ2v) is 9.57. The third kappa shape index (κ3) is 4.21. The highest BCUT2D eigenvalue weighted by Crippen LogP contribution is 2.35. The molecule has 5 nitrogen and oxygen atoms in total. The Morgan fingerprint density at radius 3 is 2.56 bits per heavy atom. The Hall–Kier alpha value is -3.18.